The molecule has 0 bridgehead atoms. The number of halogens is 1. The average molecular weight is 183 g/mol. The van der Waals surface area contributed by atoms with Crippen molar-refractivity contribution in [3.05, 3.63) is 22.3 Å². The summed E-state index contributed by atoms with van der Waals surface area (Å²) in [4.78, 5) is 6.58. The van der Waals surface area contributed by atoms with Crippen molar-refractivity contribution >= 4 is 17.4 Å². The van der Waals surface area contributed by atoms with E-state index < -0.39 is 0 Å². The van der Waals surface area contributed by atoms with Crippen LogP contribution in [0.3, 0.4) is 0 Å². The molecule has 0 saturated carbocycles. The summed E-state index contributed by atoms with van der Waals surface area (Å²) in [5.41, 5.74) is 2.19. The molecule has 12 heavy (non-hydrogen) atoms. The van der Waals surface area contributed by atoms with Crippen molar-refractivity contribution in [1.82, 2.24) is 4.98 Å². The highest BCUT2D eigenvalue weighted by Crippen LogP contribution is 2.30. The number of rotatable bonds is 0. The number of nitrogens with zero attached hydrogens (tertiary/aromatic N) is 2. The molecule has 2 rings (SSSR count). The van der Waals surface area contributed by atoms with Gasteiger partial charge in [-0.1, -0.05) is 11.6 Å². The highest BCUT2D eigenvalue weighted by Gasteiger charge is 2.19. The van der Waals surface area contributed by atoms with Gasteiger partial charge in [0.25, 0.3) is 0 Å². The molecule has 0 aliphatic carbocycles. The number of hydrogen-bond acceptors (Lipinski definition) is 2. The number of hydrogen-bond donors (Lipinski definition) is 0. The van der Waals surface area contributed by atoms with Crippen LogP contribution in [0, 0.1) is 6.92 Å². The SMILES string of the molecule is Cc1cc(Cl)c2c(n1)N(C)CC2. The van der Waals surface area contributed by atoms with E-state index in [2.05, 4.69) is 16.9 Å². The van der Waals surface area contributed by atoms with Crippen molar-refractivity contribution in [2.24, 2.45) is 0 Å². The second kappa shape index (κ2) is 2.63. The number of fused-ring (bicyclic) bond motifs is 1. The van der Waals surface area contributed by atoms with Crippen LogP contribution in [0.25, 0.3) is 0 Å². The molecular formula is C9H11ClN2. The van der Waals surface area contributed by atoms with E-state index in [0.29, 0.717) is 0 Å². The molecule has 1 aromatic heterocycles. The van der Waals surface area contributed by atoms with Gasteiger partial charge in [0, 0.05) is 29.9 Å². The Hall–Kier alpha value is -0.760. The van der Waals surface area contributed by atoms with Crippen molar-refractivity contribution < 1.29 is 0 Å². The molecular weight excluding hydrogens is 172 g/mol. The lowest BCUT2D eigenvalue weighted by atomic mass is 10.2. The van der Waals surface area contributed by atoms with E-state index in [1.807, 2.05) is 13.0 Å². The molecule has 1 aliphatic rings. The molecule has 0 N–H and O–H groups in total. The topological polar surface area (TPSA) is 16.1 Å². The molecule has 2 nitrogen and oxygen atoms in total. The van der Waals surface area contributed by atoms with Gasteiger partial charge in [-0.15, -0.1) is 0 Å². The highest BCUT2D eigenvalue weighted by atomic mass is 35.5. The number of aryl methyl sites for hydroxylation is 1. The first-order chi connectivity index (χ1) is 5.68. The molecule has 0 atom stereocenters. The van der Waals surface area contributed by atoms with Gasteiger partial charge >= 0.3 is 0 Å². The van der Waals surface area contributed by atoms with Crippen LogP contribution in [0.1, 0.15) is 11.3 Å². The molecule has 2 heterocycles. The Morgan fingerprint density at radius 1 is 1.58 bits per heavy atom. The average Bonchev–Trinajstić information content (AvgIpc) is 2.33. The first kappa shape index (κ1) is 7.87. The van der Waals surface area contributed by atoms with Crippen molar-refractivity contribution in [2.75, 3.05) is 18.5 Å². The molecule has 0 amide bonds. The van der Waals surface area contributed by atoms with Gasteiger partial charge in [0.2, 0.25) is 0 Å². The minimum Gasteiger partial charge on any atom is -0.359 e. The minimum absolute atomic E-state index is 0.863. The Bertz CT molecular complexity index is 323. The van der Waals surface area contributed by atoms with Gasteiger partial charge in [-0.05, 0) is 19.4 Å². The maximum absolute atomic E-state index is 6.07. The maximum atomic E-state index is 6.07. The normalized spacial score (nSPS) is 15.1. The number of likely N-dealkylation sites (N-methyl/N-ethyl adjacent to an activating group) is 1. The highest BCUT2D eigenvalue weighted by molar-refractivity contribution is 6.31. The minimum atomic E-state index is 0.863. The summed E-state index contributed by atoms with van der Waals surface area (Å²) in [6.45, 7) is 3.00. The molecule has 0 aromatic carbocycles. The van der Waals surface area contributed by atoms with E-state index in [9.17, 15) is 0 Å². The second-order valence-corrected chi connectivity index (χ2v) is 3.63. The number of pyridine rings is 1. The van der Waals surface area contributed by atoms with Gasteiger partial charge in [0.05, 0.1) is 0 Å². The molecule has 0 radical (unpaired) electrons. The number of aromatic nitrogens is 1. The van der Waals surface area contributed by atoms with Gasteiger partial charge in [0.15, 0.2) is 0 Å². The summed E-state index contributed by atoms with van der Waals surface area (Å²) < 4.78 is 0. The van der Waals surface area contributed by atoms with Crippen molar-refractivity contribution in [2.45, 2.75) is 13.3 Å². The van der Waals surface area contributed by atoms with Crippen LogP contribution in [0.15, 0.2) is 6.07 Å². The van der Waals surface area contributed by atoms with Gasteiger partial charge < -0.3 is 4.90 Å². The van der Waals surface area contributed by atoms with Crippen LogP contribution in [-0.2, 0) is 6.42 Å². The summed E-state index contributed by atoms with van der Waals surface area (Å²) in [5, 5.41) is 0.863. The van der Waals surface area contributed by atoms with E-state index in [0.717, 1.165) is 29.5 Å². The standard InChI is InChI=1S/C9H11ClN2/c1-6-5-8(10)7-3-4-12(2)9(7)11-6/h5H,3-4H2,1-2H3. The Kier molecular flexibility index (Phi) is 1.72. The Labute approximate surface area is 77.2 Å². The predicted octanol–water partition coefficient (Wildman–Crippen LogP) is 2.04. The molecule has 0 saturated heterocycles. The van der Waals surface area contributed by atoms with E-state index in [-0.39, 0.29) is 0 Å². The fourth-order valence-electron chi connectivity index (χ4n) is 1.58. The summed E-state index contributed by atoms with van der Waals surface area (Å²) in [6.07, 6.45) is 1.03. The third kappa shape index (κ3) is 1.07. The molecule has 0 unspecified atom stereocenters. The lowest BCUT2D eigenvalue weighted by Crippen LogP contribution is -2.13. The van der Waals surface area contributed by atoms with E-state index in [1.54, 1.807) is 0 Å². The third-order valence-electron chi connectivity index (χ3n) is 2.23. The first-order valence-corrected chi connectivity index (χ1v) is 4.43. The molecule has 1 aliphatic heterocycles. The van der Waals surface area contributed by atoms with Crippen molar-refractivity contribution in [3.8, 4) is 0 Å². The van der Waals surface area contributed by atoms with Crippen LogP contribution >= 0.6 is 11.6 Å². The Balaban J connectivity index is 2.60. The molecule has 0 spiro atoms. The lowest BCUT2D eigenvalue weighted by Gasteiger charge is -2.11. The zero-order valence-electron chi connectivity index (χ0n) is 7.26. The van der Waals surface area contributed by atoms with Gasteiger partial charge in [0.1, 0.15) is 5.82 Å². The van der Waals surface area contributed by atoms with Crippen LogP contribution < -0.4 is 4.90 Å². The smallest absolute Gasteiger partial charge is 0.133 e. The summed E-state index contributed by atoms with van der Waals surface area (Å²) >= 11 is 6.07. The summed E-state index contributed by atoms with van der Waals surface area (Å²) in [6, 6.07) is 1.93. The zero-order chi connectivity index (χ0) is 8.72. The van der Waals surface area contributed by atoms with E-state index >= 15 is 0 Å². The molecule has 0 fully saturated rings. The van der Waals surface area contributed by atoms with Crippen molar-refractivity contribution in [1.29, 1.82) is 0 Å². The van der Waals surface area contributed by atoms with E-state index in [4.69, 9.17) is 11.6 Å². The second-order valence-electron chi connectivity index (χ2n) is 3.22. The molecule has 64 valence electrons. The first-order valence-electron chi connectivity index (χ1n) is 4.05. The largest absolute Gasteiger partial charge is 0.359 e. The summed E-state index contributed by atoms with van der Waals surface area (Å²) in [5.74, 6) is 1.06. The van der Waals surface area contributed by atoms with Gasteiger partial charge in [-0.2, -0.15) is 0 Å². The van der Waals surface area contributed by atoms with Crippen LogP contribution in [0.5, 0.6) is 0 Å². The van der Waals surface area contributed by atoms with Gasteiger partial charge in [-0.3, -0.25) is 0 Å². The van der Waals surface area contributed by atoms with Crippen LogP contribution in [0.4, 0.5) is 5.82 Å². The fourth-order valence-corrected chi connectivity index (χ4v) is 1.91. The Morgan fingerprint density at radius 3 is 3.08 bits per heavy atom. The molecule has 1 aromatic rings. The Morgan fingerprint density at radius 2 is 2.33 bits per heavy atom. The van der Waals surface area contributed by atoms with Crippen LogP contribution in [0.2, 0.25) is 5.02 Å². The zero-order valence-corrected chi connectivity index (χ0v) is 8.02. The van der Waals surface area contributed by atoms with Gasteiger partial charge in [-0.25, -0.2) is 4.98 Å². The lowest BCUT2D eigenvalue weighted by molar-refractivity contribution is 0.943. The van der Waals surface area contributed by atoms with Crippen LogP contribution in [-0.4, -0.2) is 18.6 Å². The quantitative estimate of drug-likeness (QED) is 0.611. The third-order valence-corrected chi connectivity index (χ3v) is 2.57. The predicted molar refractivity (Wildman–Crippen MR) is 51.0 cm³/mol. The molecule has 3 heteroatoms. The maximum Gasteiger partial charge on any atom is 0.133 e. The fraction of sp³-hybridized carbons (Fsp3) is 0.444. The van der Waals surface area contributed by atoms with Crippen molar-refractivity contribution in [3.63, 3.8) is 0 Å². The van der Waals surface area contributed by atoms with E-state index in [1.165, 1.54) is 5.56 Å². The monoisotopic (exact) mass is 182 g/mol. The number of anilines is 1. The summed E-state index contributed by atoms with van der Waals surface area (Å²) in [7, 11) is 2.05.